The third-order valence-electron chi connectivity index (χ3n) is 4.04. The van der Waals surface area contributed by atoms with Gasteiger partial charge in [-0.1, -0.05) is 29.8 Å². The highest BCUT2D eigenvalue weighted by Gasteiger charge is 2.07. The van der Waals surface area contributed by atoms with Crippen LogP contribution in [0.1, 0.15) is 27.0 Å². The van der Waals surface area contributed by atoms with Gasteiger partial charge in [-0.15, -0.1) is 0 Å². The van der Waals surface area contributed by atoms with Gasteiger partial charge in [0.2, 0.25) is 0 Å². The average molecular weight is 320 g/mol. The minimum Gasteiger partial charge on any atom is -0.352 e. The number of carbonyl (C=O) groups is 1. The van der Waals surface area contributed by atoms with E-state index in [1.807, 2.05) is 56.3 Å². The number of benzene rings is 2. The molecule has 0 radical (unpaired) electrons. The maximum Gasteiger partial charge on any atom is 0.251 e. The molecule has 2 N–H and O–H groups in total. The lowest BCUT2D eigenvalue weighted by Crippen LogP contribution is -2.27. The van der Waals surface area contributed by atoms with Crippen LogP contribution in [0.3, 0.4) is 0 Å². The first-order valence-corrected chi connectivity index (χ1v) is 8.00. The molecule has 24 heavy (non-hydrogen) atoms. The molecule has 0 unspecified atom stereocenters. The number of aryl methyl sites for hydroxylation is 2. The monoisotopic (exact) mass is 320 g/mol. The molecule has 3 aromatic rings. The van der Waals surface area contributed by atoms with E-state index in [0.29, 0.717) is 24.1 Å². The summed E-state index contributed by atoms with van der Waals surface area (Å²) in [4.78, 5) is 27.2. The first-order valence-electron chi connectivity index (χ1n) is 8.00. The maximum absolute atomic E-state index is 12.2. The molecule has 0 atom stereocenters. The molecule has 0 fully saturated rings. The summed E-state index contributed by atoms with van der Waals surface area (Å²) in [5.74, 6) is -0.119. The topological polar surface area (TPSA) is 62.0 Å². The van der Waals surface area contributed by atoms with Crippen LogP contribution < -0.4 is 10.9 Å². The van der Waals surface area contributed by atoms with E-state index >= 15 is 0 Å². The zero-order valence-corrected chi connectivity index (χ0v) is 13.8. The highest BCUT2D eigenvalue weighted by Crippen LogP contribution is 2.13. The fourth-order valence-corrected chi connectivity index (χ4v) is 2.74. The van der Waals surface area contributed by atoms with E-state index in [-0.39, 0.29) is 11.5 Å². The van der Waals surface area contributed by atoms with Crippen LogP contribution in [0.2, 0.25) is 0 Å². The number of hydrogen-bond acceptors (Lipinski definition) is 2. The minimum absolute atomic E-state index is 0.0992. The van der Waals surface area contributed by atoms with E-state index in [9.17, 15) is 9.59 Å². The normalized spacial score (nSPS) is 10.8. The number of pyridine rings is 1. The van der Waals surface area contributed by atoms with Crippen LogP contribution in [-0.2, 0) is 6.42 Å². The summed E-state index contributed by atoms with van der Waals surface area (Å²) in [6.07, 6.45) is 0.497. The Balaban J connectivity index is 1.69. The minimum atomic E-state index is -0.119. The molecule has 0 bridgehead atoms. The van der Waals surface area contributed by atoms with Crippen molar-refractivity contribution in [3.63, 3.8) is 0 Å². The molecule has 0 saturated heterocycles. The van der Waals surface area contributed by atoms with E-state index in [1.165, 1.54) is 0 Å². The standard InChI is InChI=1S/C20H20N2O2/c1-13-4-3-5-16(10-13)19(23)21-9-8-17-12-15-7-6-14(2)11-18(15)22-20(17)24/h3-7,10-12H,8-9H2,1-2H3,(H,21,23)(H,22,24). The van der Waals surface area contributed by atoms with Crippen LogP contribution in [0.4, 0.5) is 0 Å². The molecule has 4 nitrogen and oxygen atoms in total. The smallest absolute Gasteiger partial charge is 0.251 e. The first-order chi connectivity index (χ1) is 11.5. The van der Waals surface area contributed by atoms with Gasteiger partial charge in [0.25, 0.3) is 11.5 Å². The number of aromatic amines is 1. The van der Waals surface area contributed by atoms with Crippen LogP contribution in [-0.4, -0.2) is 17.4 Å². The van der Waals surface area contributed by atoms with Crippen LogP contribution >= 0.6 is 0 Å². The molecule has 4 heteroatoms. The lowest BCUT2D eigenvalue weighted by molar-refractivity contribution is 0.0954. The molecule has 0 aliphatic rings. The summed E-state index contributed by atoms with van der Waals surface area (Å²) in [6.45, 7) is 4.37. The third kappa shape index (κ3) is 3.54. The molecule has 0 saturated carbocycles. The second kappa shape index (κ2) is 6.71. The van der Waals surface area contributed by atoms with Crippen molar-refractivity contribution < 1.29 is 4.79 Å². The Hall–Kier alpha value is -2.88. The average Bonchev–Trinajstić information content (AvgIpc) is 2.55. The van der Waals surface area contributed by atoms with Gasteiger partial charge in [-0.05, 0) is 55.5 Å². The molecule has 122 valence electrons. The second-order valence-electron chi connectivity index (χ2n) is 6.09. The van der Waals surface area contributed by atoms with Crippen molar-refractivity contribution in [2.45, 2.75) is 20.3 Å². The summed E-state index contributed by atoms with van der Waals surface area (Å²) in [5.41, 5.74) is 4.21. The highest BCUT2D eigenvalue weighted by molar-refractivity contribution is 5.94. The summed E-state index contributed by atoms with van der Waals surface area (Å²) in [5, 5.41) is 3.87. The molecule has 1 amide bonds. The van der Waals surface area contributed by atoms with Gasteiger partial charge < -0.3 is 10.3 Å². The summed E-state index contributed by atoms with van der Waals surface area (Å²) in [6, 6.07) is 15.3. The summed E-state index contributed by atoms with van der Waals surface area (Å²) in [7, 11) is 0. The number of rotatable bonds is 4. The number of carbonyl (C=O) groups excluding carboxylic acids is 1. The van der Waals surface area contributed by atoms with E-state index in [2.05, 4.69) is 10.3 Å². The number of nitrogens with one attached hydrogen (secondary N) is 2. The van der Waals surface area contributed by atoms with Gasteiger partial charge in [0.1, 0.15) is 0 Å². The molecule has 2 aromatic carbocycles. The molecule has 1 heterocycles. The SMILES string of the molecule is Cc1cccc(C(=O)NCCc2cc3ccc(C)cc3[nH]c2=O)c1. The van der Waals surface area contributed by atoms with Crippen molar-refractivity contribution in [2.75, 3.05) is 6.54 Å². The van der Waals surface area contributed by atoms with Crippen LogP contribution in [0.5, 0.6) is 0 Å². The summed E-state index contributed by atoms with van der Waals surface area (Å²) >= 11 is 0. The molecular formula is C20H20N2O2. The van der Waals surface area contributed by atoms with Crippen LogP contribution in [0.15, 0.2) is 53.3 Å². The van der Waals surface area contributed by atoms with E-state index in [1.54, 1.807) is 6.07 Å². The van der Waals surface area contributed by atoms with Crippen molar-refractivity contribution in [2.24, 2.45) is 0 Å². The van der Waals surface area contributed by atoms with Gasteiger partial charge in [0.05, 0.1) is 0 Å². The molecule has 3 rings (SSSR count). The number of fused-ring (bicyclic) bond motifs is 1. The van der Waals surface area contributed by atoms with Crippen molar-refractivity contribution in [3.05, 3.63) is 81.1 Å². The molecular weight excluding hydrogens is 300 g/mol. The number of aromatic nitrogens is 1. The van der Waals surface area contributed by atoms with E-state index in [0.717, 1.165) is 22.0 Å². The fraction of sp³-hybridized carbons (Fsp3) is 0.200. The third-order valence-corrected chi connectivity index (χ3v) is 4.04. The zero-order valence-electron chi connectivity index (χ0n) is 13.8. The Labute approximate surface area is 140 Å². The van der Waals surface area contributed by atoms with E-state index in [4.69, 9.17) is 0 Å². The van der Waals surface area contributed by atoms with Crippen molar-refractivity contribution in [1.29, 1.82) is 0 Å². The Bertz CT molecular complexity index is 957. The van der Waals surface area contributed by atoms with Gasteiger partial charge in [0.15, 0.2) is 0 Å². The van der Waals surface area contributed by atoms with Crippen molar-refractivity contribution >= 4 is 16.8 Å². The molecule has 0 aliphatic heterocycles. The second-order valence-corrected chi connectivity index (χ2v) is 6.09. The van der Waals surface area contributed by atoms with Crippen molar-refractivity contribution in [1.82, 2.24) is 10.3 Å². The van der Waals surface area contributed by atoms with Crippen LogP contribution in [0.25, 0.3) is 10.9 Å². The quantitative estimate of drug-likeness (QED) is 0.776. The largest absolute Gasteiger partial charge is 0.352 e. The predicted molar refractivity (Wildman–Crippen MR) is 96.5 cm³/mol. The Morgan fingerprint density at radius 2 is 1.83 bits per heavy atom. The van der Waals surface area contributed by atoms with Gasteiger partial charge in [-0.3, -0.25) is 9.59 Å². The number of amides is 1. The van der Waals surface area contributed by atoms with Gasteiger partial charge in [-0.25, -0.2) is 0 Å². The van der Waals surface area contributed by atoms with Crippen molar-refractivity contribution in [3.8, 4) is 0 Å². The maximum atomic E-state index is 12.2. The predicted octanol–water partition coefficient (Wildman–Crippen LogP) is 3.12. The zero-order chi connectivity index (χ0) is 17.1. The lowest BCUT2D eigenvalue weighted by Gasteiger charge is -2.07. The van der Waals surface area contributed by atoms with E-state index < -0.39 is 0 Å². The number of hydrogen-bond donors (Lipinski definition) is 2. The number of H-pyrrole nitrogens is 1. The van der Waals surface area contributed by atoms with Gasteiger partial charge >= 0.3 is 0 Å². The first kappa shape index (κ1) is 16.0. The van der Waals surface area contributed by atoms with Gasteiger partial charge in [0, 0.05) is 23.2 Å². The Kier molecular flexibility index (Phi) is 4.47. The lowest BCUT2D eigenvalue weighted by atomic mass is 10.1. The van der Waals surface area contributed by atoms with Gasteiger partial charge in [-0.2, -0.15) is 0 Å². The van der Waals surface area contributed by atoms with Crippen LogP contribution in [0, 0.1) is 13.8 Å². The molecule has 0 aliphatic carbocycles. The molecule has 0 spiro atoms. The Morgan fingerprint density at radius 1 is 1.04 bits per heavy atom. The Morgan fingerprint density at radius 3 is 2.62 bits per heavy atom. The highest BCUT2D eigenvalue weighted by atomic mass is 16.1. The molecule has 1 aromatic heterocycles. The summed E-state index contributed by atoms with van der Waals surface area (Å²) < 4.78 is 0. The fourth-order valence-electron chi connectivity index (χ4n) is 2.74.